The molecule has 0 spiro atoms. The molecule has 0 atom stereocenters. The molecule has 6 heteroatoms. The number of hydrogen-bond donors (Lipinski definition) is 2. The third-order valence-corrected chi connectivity index (χ3v) is 3.17. The van der Waals surface area contributed by atoms with Gasteiger partial charge in [0.05, 0.1) is 10.7 Å². The van der Waals surface area contributed by atoms with Crippen LogP contribution in [0.15, 0.2) is 40.9 Å². The molecule has 0 aliphatic heterocycles. The smallest absolute Gasteiger partial charge is 0.255 e. The number of amides is 1. The van der Waals surface area contributed by atoms with Gasteiger partial charge in [0, 0.05) is 15.7 Å². The molecule has 0 radical (unpaired) electrons. The summed E-state index contributed by atoms with van der Waals surface area (Å²) >= 11 is 9.24. The second kappa shape index (κ2) is 5.59. The number of hydrogen-bond acceptors (Lipinski definition) is 2. The van der Waals surface area contributed by atoms with E-state index < -0.39 is 11.7 Å². The van der Waals surface area contributed by atoms with Crippen LogP contribution in [0.25, 0.3) is 0 Å². The number of halogens is 3. The number of benzene rings is 2. The maximum absolute atomic E-state index is 13.2. The van der Waals surface area contributed by atoms with Gasteiger partial charge in [-0.15, -0.1) is 0 Å². The fourth-order valence-corrected chi connectivity index (χ4v) is 2.25. The molecule has 0 heterocycles. The molecule has 0 saturated carbocycles. The average molecular weight is 344 g/mol. The molecule has 0 fully saturated rings. The normalized spacial score (nSPS) is 10.3. The summed E-state index contributed by atoms with van der Waals surface area (Å²) in [6, 6.07) is 8.68. The van der Waals surface area contributed by atoms with Crippen LogP contribution in [0.4, 0.5) is 15.8 Å². The molecule has 0 saturated heterocycles. The van der Waals surface area contributed by atoms with Crippen LogP contribution in [0.2, 0.25) is 5.02 Å². The van der Waals surface area contributed by atoms with Gasteiger partial charge < -0.3 is 11.1 Å². The van der Waals surface area contributed by atoms with Crippen LogP contribution in [-0.2, 0) is 0 Å². The zero-order valence-electron chi connectivity index (χ0n) is 9.58. The minimum Gasteiger partial charge on any atom is -0.399 e. The second-order valence-electron chi connectivity index (χ2n) is 3.85. The van der Waals surface area contributed by atoms with E-state index >= 15 is 0 Å². The number of carbonyl (C=O) groups is 1. The Hall–Kier alpha value is -1.59. The highest BCUT2D eigenvalue weighted by Gasteiger charge is 2.10. The van der Waals surface area contributed by atoms with Crippen LogP contribution in [0.3, 0.4) is 0 Å². The zero-order valence-corrected chi connectivity index (χ0v) is 11.9. The molecule has 1 amide bonds. The molecular formula is C13H9BrClFN2O. The van der Waals surface area contributed by atoms with E-state index in [9.17, 15) is 9.18 Å². The first-order chi connectivity index (χ1) is 8.95. The topological polar surface area (TPSA) is 55.1 Å². The van der Waals surface area contributed by atoms with Crippen LogP contribution in [0.1, 0.15) is 10.4 Å². The third kappa shape index (κ3) is 3.45. The molecule has 2 aromatic carbocycles. The van der Waals surface area contributed by atoms with E-state index in [-0.39, 0.29) is 11.3 Å². The summed E-state index contributed by atoms with van der Waals surface area (Å²) in [6.45, 7) is 0. The van der Waals surface area contributed by atoms with Crippen molar-refractivity contribution in [1.29, 1.82) is 0 Å². The van der Waals surface area contributed by atoms with E-state index in [1.165, 1.54) is 6.07 Å². The van der Waals surface area contributed by atoms with Gasteiger partial charge in [0.25, 0.3) is 5.91 Å². The van der Waals surface area contributed by atoms with Crippen molar-refractivity contribution in [2.45, 2.75) is 0 Å². The first-order valence-electron chi connectivity index (χ1n) is 5.28. The average Bonchev–Trinajstić information content (AvgIpc) is 2.31. The lowest BCUT2D eigenvalue weighted by molar-refractivity contribution is 0.102. The Labute approximate surface area is 122 Å². The van der Waals surface area contributed by atoms with Crippen molar-refractivity contribution in [1.82, 2.24) is 0 Å². The van der Waals surface area contributed by atoms with Gasteiger partial charge in [-0.1, -0.05) is 27.5 Å². The Morgan fingerprint density at radius 2 is 2.00 bits per heavy atom. The van der Waals surface area contributed by atoms with Crippen molar-refractivity contribution in [3.05, 3.63) is 57.3 Å². The number of nitrogens with one attached hydrogen (secondary N) is 1. The molecule has 2 rings (SSSR count). The molecule has 98 valence electrons. The summed E-state index contributed by atoms with van der Waals surface area (Å²) in [5, 5.41) is 2.98. The van der Waals surface area contributed by atoms with Crippen molar-refractivity contribution < 1.29 is 9.18 Å². The maximum Gasteiger partial charge on any atom is 0.255 e. The SMILES string of the molecule is Nc1cc(F)cc(C(=O)Nc2ccc(Br)cc2Cl)c1. The summed E-state index contributed by atoms with van der Waals surface area (Å²) in [5.74, 6) is -1.04. The summed E-state index contributed by atoms with van der Waals surface area (Å²) in [6.07, 6.45) is 0. The number of nitrogen functional groups attached to an aromatic ring is 1. The van der Waals surface area contributed by atoms with Crippen LogP contribution in [0.5, 0.6) is 0 Å². The van der Waals surface area contributed by atoms with Gasteiger partial charge in [-0.2, -0.15) is 0 Å². The molecule has 2 aromatic rings. The maximum atomic E-state index is 13.2. The van der Waals surface area contributed by atoms with Crippen molar-refractivity contribution >= 4 is 44.8 Å². The van der Waals surface area contributed by atoms with Crippen molar-refractivity contribution in [3.8, 4) is 0 Å². The molecule has 0 bridgehead atoms. The van der Waals surface area contributed by atoms with Gasteiger partial charge in [-0.25, -0.2) is 4.39 Å². The molecule has 0 aliphatic rings. The van der Waals surface area contributed by atoms with Crippen LogP contribution in [-0.4, -0.2) is 5.91 Å². The molecule has 3 N–H and O–H groups in total. The fourth-order valence-electron chi connectivity index (χ4n) is 1.53. The zero-order chi connectivity index (χ0) is 14.0. The summed E-state index contributed by atoms with van der Waals surface area (Å²) in [5.41, 5.74) is 6.25. The van der Waals surface area contributed by atoms with Gasteiger partial charge in [0.2, 0.25) is 0 Å². The van der Waals surface area contributed by atoms with E-state index in [1.807, 2.05) is 0 Å². The Morgan fingerprint density at radius 1 is 1.26 bits per heavy atom. The largest absolute Gasteiger partial charge is 0.399 e. The summed E-state index contributed by atoms with van der Waals surface area (Å²) in [4.78, 5) is 12.0. The first kappa shape index (κ1) is 13.8. The van der Waals surface area contributed by atoms with E-state index in [2.05, 4.69) is 21.2 Å². The van der Waals surface area contributed by atoms with Gasteiger partial charge in [-0.05, 0) is 36.4 Å². The quantitative estimate of drug-likeness (QED) is 0.807. The van der Waals surface area contributed by atoms with Crippen molar-refractivity contribution in [2.24, 2.45) is 0 Å². The Morgan fingerprint density at radius 3 is 2.63 bits per heavy atom. The fraction of sp³-hybridized carbons (Fsp3) is 0. The highest BCUT2D eigenvalue weighted by atomic mass is 79.9. The summed E-state index contributed by atoms with van der Waals surface area (Å²) < 4.78 is 14.0. The number of anilines is 2. The minimum atomic E-state index is -0.563. The minimum absolute atomic E-state index is 0.136. The monoisotopic (exact) mass is 342 g/mol. The van der Waals surface area contributed by atoms with Crippen molar-refractivity contribution in [2.75, 3.05) is 11.1 Å². The lowest BCUT2D eigenvalue weighted by Gasteiger charge is -2.08. The highest BCUT2D eigenvalue weighted by Crippen LogP contribution is 2.26. The van der Waals surface area contributed by atoms with Crippen LogP contribution < -0.4 is 11.1 Å². The number of carbonyl (C=O) groups excluding carboxylic acids is 1. The standard InChI is InChI=1S/C13H9BrClFN2O/c14-8-1-2-12(11(15)5-8)18-13(19)7-3-9(16)6-10(17)4-7/h1-6H,17H2,(H,18,19). The predicted molar refractivity (Wildman–Crippen MR) is 77.9 cm³/mol. The Bertz CT molecular complexity index is 628. The van der Waals surface area contributed by atoms with Crippen molar-refractivity contribution in [3.63, 3.8) is 0 Å². The van der Waals surface area contributed by atoms with E-state index in [4.69, 9.17) is 17.3 Å². The Balaban J connectivity index is 2.25. The summed E-state index contributed by atoms with van der Waals surface area (Å²) in [7, 11) is 0. The molecule has 19 heavy (non-hydrogen) atoms. The van der Waals surface area contributed by atoms with E-state index in [0.717, 1.165) is 16.6 Å². The molecular weight excluding hydrogens is 335 g/mol. The van der Waals surface area contributed by atoms with E-state index in [1.54, 1.807) is 18.2 Å². The molecule has 3 nitrogen and oxygen atoms in total. The second-order valence-corrected chi connectivity index (χ2v) is 5.17. The molecule has 0 aromatic heterocycles. The molecule has 0 aliphatic carbocycles. The lowest BCUT2D eigenvalue weighted by Crippen LogP contribution is -2.13. The van der Waals surface area contributed by atoms with Crippen LogP contribution in [0, 0.1) is 5.82 Å². The Kier molecular flexibility index (Phi) is 4.07. The van der Waals surface area contributed by atoms with Gasteiger partial charge in [0.1, 0.15) is 5.82 Å². The third-order valence-electron chi connectivity index (χ3n) is 2.36. The molecule has 0 unspecified atom stereocenters. The number of rotatable bonds is 2. The van der Waals surface area contributed by atoms with Gasteiger partial charge in [0.15, 0.2) is 0 Å². The first-order valence-corrected chi connectivity index (χ1v) is 6.45. The predicted octanol–water partition coefficient (Wildman–Crippen LogP) is 4.08. The number of nitrogens with two attached hydrogens (primary N) is 1. The van der Waals surface area contributed by atoms with E-state index in [0.29, 0.717) is 10.7 Å². The van der Waals surface area contributed by atoms with Gasteiger partial charge >= 0.3 is 0 Å². The lowest BCUT2D eigenvalue weighted by atomic mass is 10.2. The van der Waals surface area contributed by atoms with Crippen LogP contribution >= 0.6 is 27.5 Å². The highest BCUT2D eigenvalue weighted by molar-refractivity contribution is 9.10. The van der Waals surface area contributed by atoms with Gasteiger partial charge in [-0.3, -0.25) is 4.79 Å².